The maximum Gasteiger partial charge on any atom is 0.150 e. The highest BCUT2D eigenvalue weighted by Gasteiger charge is 2.17. The van der Waals surface area contributed by atoms with Gasteiger partial charge in [0.15, 0.2) is 0 Å². The maximum absolute atomic E-state index is 11.4. The normalized spacial score (nSPS) is 11.4. The Kier molecular flexibility index (Phi) is 4.02. The lowest BCUT2D eigenvalue weighted by Gasteiger charge is -2.09. The Morgan fingerprint density at radius 2 is 1.86 bits per heavy atom. The zero-order valence-corrected chi connectivity index (χ0v) is 16.2. The van der Waals surface area contributed by atoms with Gasteiger partial charge in [0.2, 0.25) is 0 Å². The van der Waals surface area contributed by atoms with Crippen molar-refractivity contribution in [1.82, 2.24) is 14.7 Å². The molecule has 0 saturated heterocycles. The van der Waals surface area contributed by atoms with E-state index in [1.54, 1.807) is 0 Å². The first-order valence-electron chi connectivity index (χ1n) is 9.50. The highest BCUT2D eigenvalue weighted by Crippen LogP contribution is 2.33. The van der Waals surface area contributed by atoms with E-state index < -0.39 is 0 Å². The molecule has 0 atom stereocenters. The van der Waals surface area contributed by atoms with Gasteiger partial charge in [-0.25, -0.2) is 0 Å². The van der Waals surface area contributed by atoms with Crippen LogP contribution in [0.2, 0.25) is 0 Å². The van der Waals surface area contributed by atoms with Crippen LogP contribution in [-0.4, -0.2) is 21.0 Å². The second-order valence-electron chi connectivity index (χ2n) is 7.26. The molecule has 0 aliphatic carbocycles. The minimum absolute atomic E-state index is 0.653. The Hall–Kier alpha value is -3.73. The first-order valence-corrected chi connectivity index (χ1v) is 9.50. The van der Waals surface area contributed by atoms with E-state index in [9.17, 15) is 4.79 Å². The molecule has 5 aromatic rings. The fraction of sp³-hybridized carbons (Fsp3) is 0.125. The Bertz CT molecular complexity index is 1340. The molecule has 3 heterocycles. The first kappa shape index (κ1) is 17.4. The molecular formula is C24H19N3O2. The van der Waals surface area contributed by atoms with E-state index in [4.69, 9.17) is 9.51 Å². The van der Waals surface area contributed by atoms with Gasteiger partial charge in [-0.2, -0.15) is 0 Å². The Labute approximate surface area is 167 Å². The highest BCUT2D eigenvalue weighted by atomic mass is 16.5. The van der Waals surface area contributed by atoms with Crippen LogP contribution in [0.25, 0.3) is 33.1 Å². The summed E-state index contributed by atoms with van der Waals surface area (Å²) >= 11 is 0. The van der Waals surface area contributed by atoms with E-state index in [1.807, 2.05) is 56.4 Å². The Morgan fingerprint density at radius 1 is 1.03 bits per heavy atom. The molecule has 5 rings (SSSR count). The predicted octanol–water partition coefficient (Wildman–Crippen LogP) is 5.32. The number of nitrogens with zero attached hydrogens (tertiary/aromatic N) is 3. The molecule has 0 aliphatic heterocycles. The SMILES string of the molecule is Cc1noc(C)c1-c1cnc2c3ccc(C=O)cc3n(Cc3ccccc3)c2c1. The summed E-state index contributed by atoms with van der Waals surface area (Å²) in [6.45, 7) is 4.54. The summed E-state index contributed by atoms with van der Waals surface area (Å²) < 4.78 is 7.58. The number of aldehydes is 1. The van der Waals surface area contributed by atoms with Crippen LogP contribution in [-0.2, 0) is 6.54 Å². The highest BCUT2D eigenvalue weighted by molar-refractivity contribution is 6.07. The third-order valence-electron chi connectivity index (χ3n) is 5.37. The van der Waals surface area contributed by atoms with Crippen molar-refractivity contribution in [3.8, 4) is 11.1 Å². The van der Waals surface area contributed by atoms with E-state index in [0.29, 0.717) is 12.1 Å². The molecule has 0 spiro atoms. The molecule has 0 bridgehead atoms. The van der Waals surface area contributed by atoms with Crippen molar-refractivity contribution in [2.24, 2.45) is 0 Å². The minimum Gasteiger partial charge on any atom is -0.361 e. The predicted molar refractivity (Wildman–Crippen MR) is 113 cm³/mol. The third-order valence-corrected chi connectivity index (χ3v) is 5.37. The largest absolute Gasteiger partial charge is 0.361 e. The van der Waals surface area contributed by atoms with Crippen LogP contribution >= 0.6 is 0 Å². The van der Waals surface area contributed by atoms with E-state index in [2.05, 4.69) is 27.9 Å². The molecule has 5 heteroatoms. The molecule has 5 nitrogen and oxygen atoms in total. The number of benzene rings is 2. The first-order chi connectivity index (χ1) is 14.2. The van der Waals surface area contributed by atoms with Crippen LogP contribution < -0.4 is 0 Å². The van der Waals surface area contributed by atoms with Crippen LogP contribution in [0.5, 0.6) is 0 Å². The molecule has 0 saturated carbocycles. The molecule has 0 radical (unpaired) electrons. The molecule has 2 aromatic carbocycles. The standard InChI is InChI=1S/C24H19N3O2/c1-15-23(16(2)29-26-15)19-11-22-24(25-12-19)20-9-8-18(14-28)10-21(20)27(22)13-17-6-4-3-5-7-17/h3-12,14H,13H2,1-2H3. The van der Waals surface area contributed by atoms with Crippen molar-refractivity contribution < 1.29 is 9.32 Å². The van der Waals surface area contributed by atoms with Crippen molar-refractivity contribution >= 4 is 28.2 Å². The lowest BCUT2D eigenvalue weighted by molar-refractivity contribution is 0.112. The van der Waals surface area contributed by atoms with Gasteiger partial charge in [-0.15, -0.1) is 0 Å². The summed E-state index contributed by atoms with van der Waals surface area (Å²) in [6.07, 6.45) is 2.75. The number of aryl methyl sites for hydroxylation is 2. The maximum atomic E-state index is 11.4. The van der Waals surface area contributed by atoms with Crippen molar-refractivity contribution in [1.29, 1.82) is 0 Å². The van der Waals surface area contributed by atoms with Gasteiger partial charge >= 0.3 is 0 Å². The van der Waals surface area contributed by atoms with Gasteiger partial charge in [0.1, 0.15) is 12.0 Å². The summed E-state index contributed by atoms with van der Waals surface area (Å²) in [6, 6.07) is 18.2. The van der Waals surface area contributed by atoms with Crippen LogP contribution in [0, 0.1) is 13.8 Å². The van der Waals surface area contributed by atoms with Gasteiger partial charge in [-0.05, 0) is 37.6 Å². The minimum atomic E-state index is 0.653. The third kappa shape index (κ3) is 2.83. The zero-order chi connectivity index (χ0) is 20.0. The number of pyridine rings is 1. The molecular weight excluding hydrogens is 362 g/mol. The summed E-state index contributed by atoms with van der Waals surface area (Å²) in [7, 11) is 0. The van der Waals surface area contributed by atoms with Gasteiger partial charge in [0, 0.05) is 34.8 Å². The van der Waals surface area contributed by atoms with Crippen molar-refractivity contribution in [3.05, 3.63) is 83.4 Å². The van der Waals surface area contributed by atoms with Crippen LogP contribution in [0.15, 0.2) is 65.3 Å². The van der Waals surface area contributed by atoms with Gasteiger partial charge in [0.25, 0.3) is 0 Å². The van der Waals surface area contributed by atoms with Crippen LogP contribution in [0.3, 0.4) is 0 Å². The number of fused-ring (bicyclic) bond motifs is 3. The second-order valence-corrected chi connectivity index (χ2v) is 7.26. The summed E-state index contributed by atoms with van der Waals surface area (Å²) in [5, 5.41) is 5.11. The number of hydrogen-bond acceptors (Lipinski definition) is 4. The quantitative estimate of drug-likeness (QED) is 0.395. The molecule has 0 amide bonds. The fourth-order valence-electron chi connectivity index (χ4n) is 4.01. The molecule has 3 aromatic heterocycles. The van der Waals surface area contributed by atoms with Gasteiger partial charge in [-0.1, -0.05) is 41.6 Å². The summed E-state index contributed by atoms with van der Waals surface area (Å²) in [5.41, 5.74) is 7.57. The average molecular weight is 381 g/mol. The number of rotatable bonds is 4. The molecule has 0 fully saturated rings. The van der Waals surface area contributed by atoms with Crippen molar-refractivity contribution in [2.45, 2.75) is 20.4 Å². The lowest BCUT2D eigenvalue weighted by atomic mass is 10.1. The topological polar surface area (TPSA) is 60.9 Å². The van der Waals surface area contributed by atoms with Crippen LogP contribution in [0.1, 0.15) is 27.4 Å². The zero-order valence-electron chi connectivity index (χ0n) is 16.2. The van der Waals surface area contributed by atoms with E-state index >= 15 is 0 Å². The number of aromatic nitrogens is 3. The van der Waals surface area contributed by atoms with Gasteiger partial charge in [0.05, 0.1) is 22.2 Å². The van der Waals surface area contributed by atoms with Crippen molar-refractivity contribution in [2.75, 3.05) is 0 Å². The summed E-state index contributed by atoms with van der Waals surface area (Å²) in [5.74, 6) is 0.776. The fourth-order valence-corrected chi connectivity index (χ4v) is 4.01. The molecule has 142 valence electrons. The molecule has 0 unspecified atom stereocenters. The summed E-state index contributed by atoms with van der Waals surface area (Å²) in [4.78, 5) is 16.2. The van der Waals surface area contributed by atoms with E-state index in [-0.39, 0.29) is 0 Å². The number of carbonyl (C=O) groups is 1. The monoisotopic (exact) mass is 381 g/mol. The smallest absolute Gasteiger partial charge is 0.150 e. The van der Waals surface area contributed by atoms with Crippen LogP contribution in [0.4, 0.5) is 0 Å². The van der Waals surface area contributed by atoms with Gasteiger partial charge < -0.3 is 9.09 Å². The molecule has 0 N–H and O–H groups in total. The Morgan fingerprint density at radius 3 is 2.59 bits per heavy atom. The molecule has 0 aliphatic rings. The van der Waals surface area contributed by atoms with Gasteiger partial charge in [-0.3, -0.25) is 9.78 Å². The number of hydrogen-bond donors (Lipinski definition) is 0. The lowest BCUT2D eigenvalue weighted by Crippen LogP contribution is -2.00. The molecule has 29 heavy (non-hydrogen) atoms. The number of carbonyl (C=O) groups excluding carboxylic acids is 1. The van der Waals surface area contributed by atoms with E-state index in [0.717, 1.165) is 50.8 Å². The van der Waals surface area contributed by atoms with Crippen molar-refractivity contribution in [3.63, 3.8) is 0 Å². The Balaban J connectivity index is 1.81. The second kappa shape index (κ2) is 6.71. The van der Waals surface area contributed by atoms with E-state index in [1.165, 1.54) is 5.56 Å². The average Bonchev–Trinajstić information content (AvgIpc) is 3.24.